The second-order valence-corrected chi connectivity index (χ2v) is 29.1. The smallest absolute Gasteiger partial charge is 0.268 e. The minimum Gasteiger partial charge on any atom is -0.756 e. The Bertz CT molecular complexity index is 1560. The number of likely N-dealkylation sites (N-methyl/N-ethyl adjacent to an activating group) is 1. The second kappa shape index (κ2) is 68.8. The van der Waals surface area contributed by atoms with E-state index in [-0.39, 0.29) is 19.1 Å². The molecule has 0 aromatic heterocycles. The van der Waals surface area contributed by atoms with E-state index < -0.39 is 20.0 Å². The topological polar surface area (TPSA) is 108 Å². The molecule has 2 N–H and O–H groups in total. The van der Waals surface area contributed by atoms with Crippen molar-refractivity contribution in [1.29, 1.82) is 0 Å². The summed E-state index contributed by atoms with van der Waals surface area (Å²) in [5, 5.41) is 14.1. The molecule has 0 fully saturated rings. The molecule has 0 saturated heterocycles. The molecule has 8 nitrogen and oxygen atoms in total. The van der Waals surface area contributed by atoms with Gasteiger partial charge in [-0.25, -0.2) is 0 Å². The van der Waals surface area contributed by atoms with E-state index in [4.69, 9.17) is 9.05 Å². The maximum Gasteiger partial charge on any atom is 0.268 e. The lowest BCUT2D eigenvalue weighted by molar-refractivity contribution is -0.870. The normalized spacial score (nSPS) is 13.8. The SMILES string of the molecule is CC/C=C\C/C=C\C/C=C\C/C=C\CCCCCCCCCCCCCCCCCCCCCCCCC(=O)NC(COP(=O)([O-])OCC[N+](C)(C)C)C(O)CCCCCCCCCCCCCCCCCCCCCCCCCCCCCCCC. The largest absolute Gasteiger partial charge is 0.756 e. The molecule has 0 aliphatic rings. The van der Waals surface area contributed by atoms with E-state index in [1.807, 2.05) is 21.1 Å². The standard InChI is InChI=1S/C78H151N2O6P/c1-6-8-10-12-14-16-18-20-22-24-26-28-30-32-34-36-38-39-40-41-42-44-46-48-50-52-54-56-58-60-62-64-66-68-70-72-78(82)79-76(75-86-87(83,84)85-74-73-80(3,4)5)77(81)71-69-67-65-63-61-59-57-55-53-51-49-47-45-43-37-35-33-31-29-27-25-23-21-19-17-15-13-11-9-7-2/h8,10,14,16,20,22,26,28,76-77,81H,6-7,9,11-13,15,17-19,21,23-25,27,29-75H2,1-5H3,(H-,79,82,83,84)/b10-8-,16-14-,22-20-,28-26-. The Balaban J connectivity index is 3.94. The zero-order valence-corrected chi connectivity index (χ0v) is 59.9. The zero-order chi connectivity index (χ0) is 63.4. The van der Waals surface area contributed by atoms with Gasteiger partial charge in [0.15, 0.2) is 0 Å². The predicted molar refractivity (Wildman–Crippen MR) is 381 cm³/mol. The van der Waals surface area contributed by atoms with Crippen LogP contribution in [0, 0.1) is 0 Å². The molecule has 0 aliphatic heterocycles. The van der Waals surface area contributed by atoms with Gasteiger partial charge in [0, 0.05) is 6.42 Å². The van der Waals surface area contributed by atoms with Crippen LogP contribution in [0.2, 0.25) is 0 Å². The van der Waals surface area contributed by atoms with Crippen LogP contribution in [0.4, 0.5) is 0 Å². The summed E-state index contributed by atoms with van der Waals surface area (Å²) < 4.78 is 23.6. The van der Waals surface area contributed by atoms with Gasteiger partial charge in [0.2, 0.25) is 5.91 Å². The summed E-state index contributed by atoms with van der Waals surface area (Å²) in [6.07, 6.45) is 93.6. The molecule has 0 aromatic carbocycles. The van der Waals surface area contributed by atoms with Gasteiger partial charge in [0.1, 0.15) is 13.2 Å². The van der Waals surface area contributed by atoms with E-state index in [1.165, 1.54) is 302 Å². The molecule has 0 spiro atoms. The molecule has 87 heavy (non-hydrogen) atoms. The lowest BCUT2D eigenvalue weighted by Crippen LogP contribution is -2.46. The van der Waals surface area contributed by atoms with Crippen LogP contribution in [-0.4, -0.2) is 68.5 Å². The van der Waals surface area contributed by atoms with Crippen LogP contribution in [-0.2, 0) is 18.4 Å². The quantitative estimate of drug-likeness (QED) is 0.0272. The summed E-state index contributed by atoms with van der Waals surface area (Å²) in [7, 11) is 1.32. The van der Waals surface area contributed by atoms with Crippen LogP contribution in [0.15, 0.2) is 48.6 Å². The number of carbonyl (C=O) groups is 1. The fourth-order valence-corrected chi connectivity index (χ4v) is 12.6. The van der Waals surface area contributed by atoms with Crippen LogP contribution < -0.4 is 10.2 Å². The first-order chi connectivity index (χ1) is 42.5. The molecule has 0 radical (unpaired) electrons. The minimum absolute atomic E-state index is 0.0143. The number of nitrogens with one attached hydrogen (secondary N) is 1. The van der Waals surface area contributed by atoms with Gasteiger partial charge in [-0.1, -0.05) is 383 Å². The van der Waals surface area contributed by atoms with Gasteiger partial charge in [-0.2, -0.15) is 0 Å². The summed E-state index contributed by atoms with van der Waals surface area (Å²) in [5.41, 5.74) is 0. The fraction of sp³-hybridized carbons (Fsp3) is 0.885. The molecule has 3 atom stereocenters. The zero-order valence-electron chi connectivity index (χ0n) is 59.0. The number of allylic oxidation sites excluding steroid dienone is 8. The van der Waals surface area contributed by atoms with Crippen molar-refractivity contribution in [2.45, 2.75) is 405 Å². The lowest BCUT2D eigenvalue weighted by Gasteiger charge is -2.30. The number of phosphoric ester groups is 1. The molecule has 0 aromatic rings. The molecule has 0 rings (SSSR count). The van der Waals surface area contributed by atoms with Gasteiger partial charge in [0.05, 0.1) is 39.9 Å². The molecular weight excluding hydrogens is 1090 g/mol. The number of amides is 1. The fourth-order valence-electron chi connectivity index (χ4n) is 11.9. The highest BCUT2D eigenvalue weighted by atomic mass is 31.2. The lowest BCUT2D eigenvalue weighted by atomic mass is 10.0. The minimum atomic E-state index is -4.58. The second-order valence-electron chi connectivity index (χ2n) is 27.7. The first-order valence-corrected chi connectivity index (χ1v) is 39.9. The number of nitrogens with zero attached hydrogens (tertiary/aromatic N) is 1. The molecule has 3 unspecified atom stereocenters. The van der Waals surface area contributed by atoms with E-state index in [2.05, 4.69) is 67.8 Å². The Hall–Kier alpha value is -1.54. The van der Waals surface area contributed by atoms with Crippen molar-refractivity contribution in [1.82, 2.24) is 5.32 Å². The maximum absolute atomic E-state index is 13.1. The highest BCUT2D eigenvalue weighted by Gasteiger charge is 2.24. The van der Waals surface area contributed by atoms with Crippen molar-refractivity contribution in [3.05, 3.63) is 48.6 Å². The van der Waals surface area contributed by atoms with Gasteiger partial charge in [-0.15, -0.1) is 0 Å². The average Bonchev–Trinajstić information content (AvgIpc) is 3.70. The number of hydrogen-bond acceptors (Lipinski definition) is 6. The predicted octanol–water partition coefficient (Wildman–Crippen LogP) is 24.3. The Kier molecular flexibility index (Phi) is 67.6. The molecule has 9 heteroatoms. The van der Waals surface area contributed by atoms with Crippen molar-refractivity contribution in [3.8, 4) is 0 Å². The Labute approximate surface area is 543 Å². The van der Waals surface area contributed by atoms with E-state index in [0.717, 1.165) is 64.2 Å². The van der Waals surface area contributed by atoms with Crippen molar-refractivity contribution >= 4 is 13.7 Å². The van der Waals surface area contributed by atoms with Crippen LogP contribution in [0.25, 0.3) is 0 Å². The van der Waals surface area contributed by atoms with Gasteiger partial charge in [0.25, 0.3) is 7.82 Å². The number of unbranched alkanes of at least 4 members (excludes halogenated alkanes) is 51. The van der Waals surface area contributed by atoms with E-state index in [0.29, 0.717) is 23.9 Å². The summed E-state index contributed by atoms with van der Waals surface area (Å²) in [6, 6.07) is -0.802. The molecule has 1 amide bonds. The Morgan fingerprint density at radius 3 is 1.02 bits per heavy atom. The van der Waals surface area contributed by atoms with Crippen molar-refractivity contribution in [2.24, 2.45) is 0 Å². The summed E-state index contributed by atoms with van der Waals surface area (Å²) in [6.45, 7) is 4.67. The van der Waals surface area contributed by atoms with Crippen LogP contribution in [0.1, 0.15) is 393 Å². The molecule has 514 valence electrons. The van der Waals surface area contributed by atoms with Crippen LogP contribution >= 0.6 is 7.82 Å². The monoisotopic (exact) mass is 1240 g/mol. The van der Waals surface area contributed by atoms with Gasteiger partial charge in [-0.05, 0) is 51.4 Å². The third-order valence-corrected chi connectivity index (χ3v) is 18.8. The summed E-state index contributed by atoms with van der Waals surface area (Å²) in [4.78, 5) is 25.7. The van der Waals surface area contributed by atoms with E-state index >= 15 is 0 Å². The highest BCUT2D eigenvalue weighted by molar-refractivity contribution is 7.45. The molecule has 0 bridgehead atoms. The number of rotatable bonds is 72. The Morgan fingerprint density at radius 1 is 0.414 bits per heavy atom. The van der Waals surface area contributed by atoms with E-state index in [9.17, 15) is 19.4 Å². The molecule has 0 saturated carbocycles. The molecule has 0 aliphatic carbocycles. The number of phosphoric acid groups is 1. The van der Waals surface area contributed by atoms with Crippen LogP contribution in [0.5, 0.6) is 0 Å². The van der Waals surface area contributed by atoms with Crippen molar-refractivity contribution < 1.29 is 32.9 Å². The third-order valence-electron chi connectivity index (χ3n) is 17.8. The van der Waals surface area contributed by atoms with Crippen molar-refractivity contribution in [3.63, 3.8) is 0 Å². The number of quaternary nitrogens is 1. The van der Waals surface area contributed by atoms with E-state index in [1.54, 1.807) is 0 Å². The number of hydrogen-bond donors (Lipinski definition) is 2. The number of carbonyl (C=O) groups excluding carboxylic acids is 1. The number of aliphatic hydroxyl groups is 1. The molecule has 0 heterocycles. The van der Waals surface area contributed by atoms with Gasteiger partial charge in [-0.3, -0.25) is 9.36 Å². The first-order valence-electron chi connectivity index (χ1n) is 38.5. The van der Waals surface area contributed by atoms with Gasteiger partial charge >= 0.3 is 0 Å². The summed E-state index contributed by atoms with van der Waals surface area (Å²) in [5.74, 6) is -0.156. The number of aliphatic hydroxyl groups excluding tert-OH is 1. The third kappa shape index (κ3) is 71.8. The van der Waals surface area contributed by atoms with Crippen LogP contribution in [0.3, 0.4) is 0 Å². The molecular formula is C78H151N2O6P. The summed E-state index contributed by atoms with van der Waals surface area (Å²) >= 11 is 0. The average molecular weight is 1240 g/mol. The maximum atomic E-state index is 13.1. The Morgan fingerprint density at radius 2 is 0.701 bits per heavy atom. The van der Waals surface area contributed by atoms with Gasteiger partial charge < -0.3 is 28.8 Å². The van der Waals surface area contributed by atoms with Crippen molar-refractivity contribution in [2.75, 3.05) is 40.9 Å². The highest BCUT2D eigenvalue weighted by Crippen LogP contribution is 2.38. The first kappa shape index (κ1) is 85.5.